The van der Waals surface area contributed by atoms with Crippen LogP contribution in [0.15, 0.2) is 36.9 Å². The zero-order chi connectivity index (χ0) is 12.3. The molecule has 5 heteroatoms. The Morgan fingerprint density at radius 2 is 2.00 bits per heavy atom. The summed E-state index contributed by atoms with van der Waals surface area (Å²) in [5, 5.41) is 0.613. The minimum absolute atomic E-state index is 0.330. The fourth-order valence-corrected chi connectivity index (χ4v) is 1.75. The van der Waals surface area contributed by atoms with Gasteiger partial charge in [-0.15, -0.1) is 0 Å². The molecular weight excluding hydrogens is 238 g/mol. The second-order valence-electron chi connectivity index (χ2n) is 3.54. The molecule has 0 amide bonds. The number of benzene rings is 1. The van der Waals surface area contributed by atoms with Gasteiger partial charge >= 0.3 is 0 Å². The maximum absolute atomic E-state index is 6.14. The van der Waals surface area contributed by atoms with Crippen molar-refractivity contribution < 1.29 is 4.74 Å². The van der Waals surface area contributed by atoms with Gasteiger partial charge in [0, 0.05) is 28.5 Å². The van der Waals surface area contributed by atoms with Gasteiger partial charge in [-0.1, -0.05) is 17.7 Å². The molecule has 1 unspecified atom stereocenters. The molecule has 0 aliphatic heterocycles. The van der Waals surface area contributed by atoms with Gasteiger partial charge in [-0.05, 0) is 12.1 Å². The van der Waals surface area contributed by atoms with Crippen LogP contribution in [0.3, 0.4) is 0 Å². The lowest BCUT2D eigenvalue weighted by Crippen LogP contribution is -2.13. The highest BCUT2D eigenvalue weighted by molar-refractivity contribution is 6.30. The Labute approximate surface area is 104 Å². The largest absolute Gasteiger partial charge is 0.496 e. The van der Waals surface area contributed by atoms with Gasteiger partial charge in [0.15, 0.2) is 0 Å². The Morgan fingerprint density at radius 1 is 1.29 bits per heavy atom. The van der Waals surface area contributed by atoms with E-state index in [1.165, 1.54) is 6.33 Å². The Balaban J connectivity index is 2.40. The van der Waals surface area contributed by atoms with Gasteiger partial charge in [-0.3, -0.25) is 0 Å². The highest BCUT2D eigenvalue weighted by atomic mass is 35.5. The normalized spacial score (nSPS) is 12.2. The molecule has 88 valence electrons. The number of nitrogens with two attached hydrogens (primary N) is 1. The molecule has 0 bridgehead atoms. The predicted molar refractivity (Wildman–Crippen MR) is 66.1 cm³/mol. The summed E-state index contributed by atoms with van der Waals surface area (Å²) < 4.78 is 5.26. The molecule has 0 saturated heterocycles. The van der Waals surface area contributed by atoms with Crippen molar-refractivity contribution in [3.8, 4) is 5.75 Å². The number of methoxy groups -OCH3 is 1. The molecule has 0 aliphatic carbocycles. The van der Waals surface area contributed by atoms with E-state index >= 15 is 0 Å². The highest BCUT2D eigenvalue weighted by Gasteiger charge is 2.14. The van der Waals surface area contributed by atoms with Crippen molar-refractivity contribution in [2.45, 2.75) is 6.04 Å². The third-order valence-electron chi connectivity index (χ3n) is 2.47. The Kier molecular flexibility index (Phi) is 3.56. The lowest BCUT2D eigenvalue weighted by Gasteiger charge is -2.15. The van der Waals surface area contributed by atoms with Gasteiger partial charge in [0.2, 0.25) is 0 Å². The third kappa shape index (κ3) is 2.54. The summed E-state index contributed by atoms with van der Waals surface area (Å²) in [6, 6.07) is 5.03. The van der Waals surface area contributed by atoms with Crippen LogP contribution in [0.1, 0.15) is 17.2 Å². The fourth-order valence-electron chi connectivity index (χ4n) is 1.59. The second kappa shape index (κ2) is 5.12. The van der Waals surface area contributed by atoms with Crippen LogP contribution in [0.25, 0.3) is 0 Å². The van der Waals surface area contributed by atoms with Crippen molar-refractivity contribution in [3.63, 3.8) is 0 Å². The average Bonchev–Trinajstić information content (AvgIpc) is 2.39. The van der Waals surface area contributed by atoms with Crippen molar-refractivity contribution in [1.29, 1.82) is 0 Å². The van der Waals surface area contributed by atoms with E-state index in [9.17, 15) is 0 Å². The first-order valence-corrected chi connectivity index (χ1v) is 5.44. The van der Waals surface area contributed by atoms with Crippen LogP contribution >= 0.6 is 11.6 Å². The van der Waals surface area contributed by atoms with Crippen molar-refractivity contribution in [2.24, 2.45) is 5.73 Å². The Bertz CT molecular complexity index is 504. The minimum Gasteiger partial charge on any atom is -0.496 e. The molecule has 0 spiro atoms. The van der Waals surface area contributed by atoms with E-state index < -0.39 is 0 Å². The number of aromatic nitrogens is 2. The van der Waals surface area contributed by atoms with Crippen molar-refractivity contribution >= 4 is 11.6 Å². The molecule has 1 atom stereocenters. The quantitative estimate of drug-likeness (QED) is 0.906. The van der Waals surface area contributed by atoms with E-state index in [4.69, 9.17) is 22.1 Å². The summed E-state index contributed by atoms with van der Waals surface area (Å²) in [5.41, 5.74) is 7.82. The molecule has 0 aliphatic rings. The molecule has 0 radical (unpaired) electrons. The first kappa shape index (κ1) is 11.8. The summed E-state index contributed by atoms with van der Waals surface area (Å²) >= 11 is 5.90. The summed E-state index contributed by atoms with van der Waals surface area (Å²) in [5.74, 6) is 0.661. The monoisotopic (exact) mass is 249 g/mol. The average molecular weight is 250 g/mol. The fraction of sp³-hybridized carbons (Fsp3) is 0.167. The molecule has 4 nitrogen and oxygen atoms in total. The number of nitrogens with zero attached hydrogens (tertiary/aromatic N) is 2. The minimum atomic E-state index is -0.330. The van der Waals surface area contributed by atoms with Crippen LogP contribution in [0.4, 0.5) is 0 Å². The van der Waals surface area contributed by atoms with Gasteiger partial charge in [0.25, 0.3) is 0 Å². The first-order chi connectivity index (χ1) is 8.22. The van der Waals surface area contributed by atoms with Crippen LogP contribution < -0.4 is 10.5 Å². The molecule has 17 heavy (non-hydrogen) atoms. The van der Waals surface area contributed by atoms with E-state index in [1.807, 2.05) is 6.07 Å². The molecule has 2 N–H and O–H groups in total. The zero-order valence-electron chi connectivity index (χ0n) is 9.30. The molecule has 0 saturated carbocycles. The number of rotatable bonds is 3. The topological polar surface area (TPSA) is 61.0 Å². The van der Waals surface area contributed by atoms with Crippen LogP contribution in [0.2, 0.25) is 5.02 Å². The Hall–Kier alpha value is -1.65. The number of hydrogen-bond acceptors (Lipinski definition) is 4. The maximum Gasteiger partial charge on any atom is 0.125 e. The maximum atomic E-state index is 6.14. The molecule has 1 aromatic carbocycles. The molecule has 2 aromatic rings. The van der Waals surface area contributed by atoms with Gasteiger partial charge in [-0.2, -0.15) is 0 Å². The van der Waals surface area contributed by atoms with Crippen molar-refractivity contribution in [1.82, 2.24) is 9.97 Å². The smallest absolute Gasteiger partial charge is 0.125 e. The van der Waals surface area contributed by atoms with Gasteiger partial charge in [-0.25, -0.2) is 9.97 Å². The van der Waals surface area contributed by atoms with E-state index in [-0.39, 0.29) is 6.04 Å². The summed E-state index contributed by atoms with van der Waals surface area (Å²) in [4.78, 5) is 7.89. The van der Waals surface area contributed by atoms with Gasteiger partial charge in [0.05, 0.1) is 13.2 Å². The number of halogens is 1. The van der Waals surface area contributed by atoms with Crippen molar-refractivity contribution in [3.05, 3.63) is 53.1 Å². The Morgan fingerprint density at radius 3 is 2.65 bits per heavy atom. The number of hydrogen-bond donors (Lipinski definition) is 1. The second-order valence-corrected chi connectivity index (χ2v) is 3.97. The third-order valence-corrected chi connectivity index (χ3v) is 2.71. The predicted octanol–water partition coefficient (Wildman–Crippen LogP) is 2.19. The van der Waals surface area contributed by atoms with E-state index in [0.717, 1.165) is 11.1 Å². The molecule has 0 fully saturated rings. The lowest BCUT2D eigenvalue weighted by molar-refractivity contribution is 0.408. The highest BCUT2D eigenvalue weighted by Crippen LogP contribution is 2.30. The summed E-state index contributed by atoms with van der Waals surface area (Å²) in [6.07, 6.45) is 4.84. The van der Waals surface area contributed by atoms with E-state index in [0.29, 0.717) is 10.8 Å². The molecule has 2 rings (SSSR count). The van der Waals surface area contributed by atoms with Crippen LogP contribution in [0.5, 0.6) is 5.75 Å². The molecular formula is C12H12ClN3O. The first-order valence-electron chi connectivity index (χ1n) is 5.06. The van der Waals surface area contributed by atoms with Gasteiger partial charge in [0.1, 0.15) is 12.1 Å². The standard InChI is InChI=1S/C12H12ClN3O/c1-17-11-4-9(13)2-3-10(11)12(14)8-5-15-7-16-6-8/h2-7,12H,14H2,1H3. The van der Waals surface area contributed by atoms with E-state index in [2.05, 4.69) is 9.97 Å². The van der Waals surface area contributed by atoms with Crippen LogP contribution in [-0.4, -0.2) is 17.1 Å². The molecule has 1 aromatic heterocycles. The summed E-state index contributed by atoms with van der Waals surface area (Å²) in [6.45, 7) is 0. The van der Waals surface area contributed by atoms with Crippen LogP contribution in [-0.2, 0) is 0 Å². The van der Waals surface area contributed by atoms with E-state index in [1.54, 1.807) is 31.6 Å². The lowest BCUT2D eigenvalue weighted by atomic mass is 10.0. The summed E-state index contributed by atoms with van der Waals surface area (Å²) in [7, 11) is 1.59. The SMILES string of the molecule is COc1cc(Cl)ccc1C(N)c1cncnc1. The van der Waals surface area contributed by atoms with Crippen LogP contribution in [0, 0.1) is 0 Å². The zero-order valence-corrected chi connectivity index (χ0v) is 10.1. The van der Waals surface area contributed by atoms with Crippen molar-refractivity contribution in [2.75, 3.05) is 7.11 Å². The number of ether oxygens (including phenoxy) is 1. The molecule has 1 heterocycles. The van der Waals surface area contributed by atoms with Gasteiger partial charge < -0.3 is 10.5 Å².